The van der Waals surface area contributed by atoms with E-state index < -0.39 is 0 Å². The van der Waals surface area contributed by atoms with Gasteiger partial charge in [0.25, 0.3) is 0 Å². The van der Waals surface area contributed by atoms with Gasteiger partial charge in [0.15, 0.2) is 0 Å². The molecule has 2 aromatic carbocycles. The van der Waals surface area contributed by atoms with Gasteiger partial charge in [0, 0.05) is 20.0 Å². The van der Waals surface area contributed by atoms with E-state index in [0.717, 1.165) is 18.7 Å². The van der Waals surface area contributed by atoms with Crippen LogP contribution in [0.3, 0.4) is 0 Å². The summed E-state index contributed by atoms with van der Waals surface area (Å²) in [4.78, 5) is 14.1. The fourth-order valence-electron chi connectivity index (χ4n) is 3.40. The van der Waals surface area contributed by atoms with Crippen molar-refractivity contribution in [2.45, 2.75) is 59.6 Å². The fourth-order valence-corrected chi connectivity index (χ4v) is 3.40. The van der Waals surface area contributed by atoms with Gasteiger partial charge in [0.2, 0.25) is 5.91 Å². The summed E-state index contributed by atoms with van der Waals surface area (Å²) in [6, 6.07) is 18.6. The van der Waals surface area contributed by atoms with Crippen LogP contribution >= 0.6 is 0 Å². The molecule has 0 unspecified atom stereocenters. The minimum Gasteiger partial charge on any atom is -0.491 e. The highest BCUT2D eigenvalue weighted by Crippen LogP contribution is 2.30. The number of nitrogens with zero attached hydrogens (tertiary/aromatic N) is 1. The van der Waals surface area contributed by atoms with Gasteiger partial charge in [-0.2, -0.15) is 0 Å². The van der Waals surface area contributed by atoms with Crippen molar-refractivity contribution in [2.24, 2.45) is 5.92 Å². The molecule has 1 atom stereocenters. The molecule has 0 saturated carbocycles. The molecule has 2 rings (SSSR count). The second-order valence-electron chi connectivity index (χ2n) is 7.80. The second-order valence-corrected chi connectivity index (χ2v) is 7.80. The molecule has 2 aromatic rings. The van der Waals surface area contributed by atoms with Crippen molar-refractivity contribution in [1.82, 2.24) is 4.90 Å². The molecular weight excluding hydrogens is 334 g/mol. The number of carbonyl (C=O) groups is 1. The van der Waals surface area contributed by atoms with Crippen LogP contribution in [-0.2, 0) is 11.3 Å². The quantitative estimate of drug-likeness (QED) is 0.573. The zero-order chi connectivity index (χ0) is 19.8. The molecule has 0 spiro atoms. The highest BCUT2D eigenvalue weighted by molar-refractivity contribution is 5.73. The van der Waals surface area contributed by atoms with Gasteiger partial charge in [-0.25, -0.2) is 0 Å². The second kappa shape index (κ2) is 10.1. The summed E-state index contributed by atoms with van der Waals surface area (Å²) in [5.41, 5.74) is 2.48. The van der Waals surface area contributed by atoms with Gasteiger partial charge < -0.3 is 9.64 Å². The molecular formula is C24H33NO2. The van der Waals surface area contributed by atoms with Crippen LogP contribution in [-0.4, -0.2) is 23.5 Å². The SMILES string of the molecule is CC(=O)N(CC[C@@H](c1ccc(OC(C)C)cc1)C(C)C)Cc1ccccc1. The lowest BCUT2D eigenvalue weighted by atomic mass is 9.85. The third-order valence-corrected chi connectivity index (χ3v) is 4.86. The summed E-state index contributed by atoms with van der Waals surface area (Å²) in [6.07, 6.45) is 1.13. The van der Waals surface area contributed by atoms with Crippen LogP contribution in [0.15, 0.2) is 54.6 Å². The maximum atomic E-state index is 12.1. The predicted molar refractivity (Wildman–Crippen MR) is 112 cm³/mol. The van der Waals surface area contributed by atoms with E-state index in [1.165, 1.54) is 11.1 Å². The van der Waals surface area contributed by atoms with Gasteiger partial charge in [-0.1, -0.05) is 56.3 Å². The van der Waals surface area contributed by atoms with E-state index in [9.17, 15) is 4.79 Å². The summed E-state index contributed by atoms with van der Waals surface area (Å²) in [5, 5.41) is 0. The third-order valence-electron chi connectivity index (χ3n) is 4.86. The normalized spacial score (nSPS) is 12.3. The zero-order valence-corrected chi connectivity index (χ0v) is 17.3. The van der Waals surface area contributed by atoms with Crippen molar-refractivity contribution in [3.63, 3.8) is 0 Å². The molecule has 0 aliphatic rings. The number of amides is 1. The standard InChI is InChI=1S/C24H33NO2/c1-18(2)24(22-11-13-23(14-12-22)27-19(3)4)15-16-25(20(5)26)17-21-9-7-6-8-10-21/h6-14,18-19,24H,15-17H2,1-5H3/t24-/m1/s1. The summed E-state index contributed by atoms with van der Waals surface area (Å²) >= 11 is 0. The average molecular weight is 368 g/mol. The van der Waals surface area contributed by atoms with Crippen LogP contribution in [0.4, 0.5) is 0 Å². The van der Waals surface area contributed by atoms with Gasteiger partial charge in [-0.05, 0) is 55.4 Å². The molecule has 0 fully saturated rings. The van der Waals surface area contributed by atoms with Crippen molar-refractivity contribution >= 4 is 5.91 Å². The molecule has 0 heterocycles. The molecule has 27 heavy (non-hydrogen) atoms. The predicted octanol–water partition coefficient (Wildman–Crippen LogP) is 5.65. The molecule has 0 aliphatic carbocycles. The van der Waals surface area contributed by atoms with Gasteiger partial charge >= 0.3 is 0 Å². The minimum absolute atomic E-state index is 0.127. The largest absolute Gasteiger partial charge is 0.491 e. The van der Waals surface area contributed by atoms with E-state index in [1.807, 2.05) is 36.9 Å². The molecule has 0 radical (unpaired) electrons. The van der Waals surface area contributed by atoms with E-state index in [-0.39, 0.29) is 12.0 Å². The van der Waals surface area contributed by atoms with Crippen LogP contribution in [0, 0.1) is 5.92 Å². The number of carbonyl (C=O) groups excluding carboxylic acids is 1. The molecule has 0 saturated heterocycles. The van der Waals surface area contributed by atoms with Crippen LogP contribution in [0.25, 0.3) is 0 Å². The number of hydrogen-bond donors (Lipinski definition) is 0. The van der Waals surface area contributed by atoms with Gasteiger partial charge in [0.05, 0.1) is 6.10 Å². The van der Waals surface area contributed by atoms with Gasteiger partial charge in [0.1, 0.15) is 5.75 Å². The average Bonchev–Trinajstić information content (AvgIpc) is 2.62. The van der Waals surface area contributed by atoms with E-state index in [4.69, 9.17) is 4.74 Å². The molecule has 0 aliphatic heterocycles. The maximum absolute atomic E-state index is 12.1. The van der Waals surface area contributed by atoms with Crippen LogP contribution in [0.2, 0.25) is 0 Å². The van der Waals surface area contributed by atoms with E-state index in [2.05, 4.69) is 50.2 Å². The van der Waals surface area contributed by atoms with Crippen molar-refractivity contribution in [2.75, 3.05) is 6.54 Å². The Labute approximate surface area is 164 Å². The maximum Gasteiger partial charge on any atom is 0.219 e. The van der Waals surface area contributed by atoms with Crippen LogP contribution in [0.5, 0.6) is 5.75 Å². The highest BCUT2D eigenvalue weighted by atomic mass is 16.5. The Kier molecular flexibility index (Phi) is 7.90. The lowest BCUT2D eigenvalue weighted by molar-refractivity contribution is -0.129. The van der Waals surface area contributed by atoms with Crippen LogP contribution < -0.4 is 4.74 Å². The first-order valence-corrected chi connectivity index (χ1v) is 9.93. The topological polar surface area (TPSA) is 29.5 Å². The lowest BCUT2D eigenvalue weighted by Crippen LogP contribution is -2.30. The number of rotatable bonds is 9. The smallest absolute Gasteiger partial charge is 0.219 e. The summed E-state index contributed by atoms with van der Waals surface area (Å²) in [7, 11) is 0. The Morgan fingerprint density at radius 2 is 1.59 bits per heavy atom. The summed E-state index contributed by atoms with van der Waals surface area (Å²) < 4.78 is 5.75. The first kappa shape index (κ1) is 21.0. The molecule has 0 aromatic heterocycles. The lowest BCUT2D eigenvalue weighted by Gasteiger charge is -2.27. The first-order chi connectivity index (χ1) is 12.9. The van der Waals surface area contributed by atoms with Gasteiger partial charge in [-0.3, -0.25) is 4.79 Å². The fraction of sp³-hybridized carbons (Fsp3) is 0.458. The number of ether oxygens (including phenoxy) is 1. The van der Waals surface area contributed by atoms with Crippen molar-refractivity contribution in [3.05, 3.63) is 65.7 Å². The summed E-state index contributed by atoms with van der Waals surface area (Å²) in [5.74, 6) is 1.95. The molecule has 1 amide bonds. The minimum atomic E-state index is 0.127. The number of hydrogen-bond acceptors (Lipinski definition) is 2. The number of benzene rings is 2. The van der Waals surface area contributed by atoms with E-state index in [0.29, 0.717) is 18.4 Å². The molecule has 0 bridgehead atoms. The van der Waals surface area contributed by atoms with Gasteiger partial charge in [-0.15, -0.1) is 0 Å². The van der Waals surface area contributed by atoms with E-state index >= 15 is 0 Å². The van der Waals surface area contributed by atoms with Crippen molar-refractivity contribution in [1.29, 1.82) is 0 Å². The third kappa shape index (κ3) is 6.74. The van der Waals surface area contributed by atoms with Crippen molar-refractivity contribution < 1.29 is 9.53 Å². The Morgan fingerprint density at radius 3 is 2.11 bits per heavy atom. The Balaban J connectivity index is 2.04. The Bertz CT molecular complexity index is 692. The molecule has 3 heteroatoms. The van der Waals surface area contributed by atoms with E-state index in [1.54, 1.807) is 6.92 Å². The highest BCUT2D eigenvalue weighted by Gasteiger charge is 2.19. The first-order valence-electron chi connectivity index (χ1n) is 9.93. The Morgan fingerprint density at radius 1 is 0.963 bits per heavy atom. The van der Waals surface area contributed by atoms with Crippen molar-refractivity contribution in [3.8, 4) is 5.75 Å². The summed E-state index contributed by atoms with van der Waals surface area (Å²) in [6.45, 7) is 11.7. The van der Waals surface area contributed by atoms with Crippen LogP contribution in [0.1, 0.15) is 58.1 Å². The zero-order valence-electron chi connectivity index (χ0n) is 17.3. The Hall–Kier alpha value is -2.29. The molecule has 146 valence electrons. The molecule has 3 nitrogen and oxygen atoms in total. The monoisotopic (exact) mass is 367 g/mol. The molecule has 0 N–H and O–H groups in total.